The zero-order valence-electron chi connectivity index (χ0n) is 31.7. The minimum Gasteiger partial charge on any atom is -0.392 e. The van der Waals surface area contributed by atoms with Crippen molar-refractivity contribution >= 4 is 58.4 Å². The van der Waals surface area contributed by atoms with E-state index in [0.717, 1.165) is 24.2 Å². The molecule has 0 amide bonds. The number of methoxy groups -OCH3 is 4. The maximum atomic E-state index is 6.26. The highest BCUT2D eigenvalue weighted by molar-refractivity contribution is 9.26. The lowest BCUT2D eigenvalue weighted by atomic mass is 10.1. The second kappa shape index (κ2) is 38.2. The molecule has 0 aromatic rings. The van der Waals surface area contributed by atoms with Crippen molar-refractivity contribution in [3.05, 3.63) is 0 Å². The van der Waals surface area contributed by atoms with Gasteiger partial charge in [-0.2, -0.15) is 0 Å². The maximum absolute atomic E-state index is 6.26. The van der Waals surface area contributed by atoms with Gasteiger partial charge in [0.1, 0.15) is 0 Å². The zero-order valence-corrected chi connectivity index (χ0v) is 37.0. The molecule has 0 heterocycles. The molecule has 14 heteroatoms. The van der Waals surface area contributed by atoms with Crippen LogP contribution in [0.5, 0.6) is 0 Å². The van der Waals surface area contributed by atoms with Crippen molar-refractivity contribution in [2.75, 3.05) is 92.8 Å². The van der Waals surface area contributed by atoms with Crippen LogP contribution in [0, 0.1) is 0 Å². The van der Waals surface area contributed by atoms with Gasteiger partial charge in [-0.25, -0.2) is 0 Å². The van der Waals surface area contributed by atoms with Gasteiger partial charge in [-0.1, -0.05) is 112 Å². The van der Waals surface area contributed by atoms with Crippen LogP contribution in [0.2, 0.25) is 24.2 Å². The summed E-state index contributed by atoms with van der Waals surface area (Å²) in [5, 5.41) is 0. The van der Waals surface area contributed by atoms with Crippen molar-refractivity contribution in [2.45, 2.75) is 128 Å². The van der Waals surface area contributed by atoms with Gasteiger partial charge in [0, 0.05) is 39.9 Å². The van der Waals surface area contributed by atoms with Crippen LogP contribution >= 0.6 is 41.2 Å². The zero-order chi connectivity index (χ0) is 35.3. The summed E-state index contributed by atoms with van der Waals surface area (Å²) in [5.41, 5.74) is 0. The molecule has 0 aliphatic carbocycles. The van der Waals surface area contributed by atoms with Crippen LogP contribution in [-0.4, -0.2) is 110 Å². The first-order valence-electron chi connectivity index (χ1n) is 18.7. The summed E-state index contributed by atoms with van der Waals surface area (Å²) in [6.45, 7) is 9.41. The molecule has 0 aliphatic rings. The van der Waals surface area contributed by atoms with Crippen molar-refractivity contribution in [1.82, 2.24) is 0 Å². The van der Waals surface area contributed by atoms with Crippen LogP contribution in [0.25, 0.3) is 0 Å². The Kier molecular flexibility index (Phi) is 39.5. The molecule has 8 nitrogen and oxygen atoms in total. The fraction of sp³-hybridized carbons (Fsp3) is 1.00. The van der Waals surface area contributed by atoms with Gasteiger partial charge in [0.2, 0.25) is 0 Å². The van der Waals surface area contributed by atoms with E-state index in [1.54, 1.807) is 28.4 Å². The quantitative estimate of drug-likeness (QED) is 0.0336. The van der Waals surface area contributed by atoms with Gasteiger partial charge < -0.3 is 36.7 Å². The molecule has 0 rings (SSSR count). The summed E-state index contributed by atoms with van der Waals surface area (Å²) in [7, 11) is 10.6. The predicted octanol–water partition coefficient (Wildman–Crippen LogP) is 10.7. The standard InChI is InChI=1S/C34H74O8S4Si2/c1-7-47(39-27-23-35-3,40-28-24-36-4)33-21-17-13-9-11-15-19-31-43-45-46-44-32-20-16-12-10-14-18-22-34-48(8-2,41-29-25-37-5)42-30-26-38-6/h7-34H2,1-6H3. The average molecular weight is 795 g/mol. The van der Waals surface area contributed by atoms with Gasteiger partial charge in [-0.05, 0) is 56.7 Å². The Bertz CT molecular complexity index is 578. The monoisotopic (exact) mass is 794 g/mol. The van der Waals surface area contributed by atoms with E-state index in [2.05, 4.69) is 13.8 Å². The topological polar surface area (TPSA) is 73.8 Å². The molecule has 0 aliphatic heterocycles. The highest BCUT2D eigenvalue weighted by atomic mass is 33.7. The molecule has 0 spiro atoms. The van der Waals surface area contributed by atoms with Crippen LogP contribution in [0.3, 0.4) is 0 Å². The molecule has 0 N–H and O–H groups in total. The molecule has 0 atom stereocenters. The molecule has 0 radical (unpaired) electrons. The molecular weight excluding hydrogens is 721 g/mol. The van der Waals surface area contributed by atoms with Crippen molar-refractivity contribution < 1.29 is 36.7 Å². The molecule has 0 saturated carbocycles. The van der Waals surface area contributed by atoms with Gasteiger partial charge in [-0.3, -0.25) is 0 Å². The van der Waals surface area contributed by atoms with Crippen LogP contribution < -0.4 is 0 Å². The Labute approximate surface area is 314 Å². The molecule has 0 fully saturated rings. The molecule has 0 aromatic carbocycles. The number of hydrogen-bond donors (Lipinski definition) is 0. The van der Waals surface area contributed by atoms with Gasteiger partial charge in [0.25, 0.3) is 0 Å². The lowest BCUT2D eigenvalue weighted by molar-refractivity contribution is 0.0857. The van der Waals surface area contributed by atoms with Crippen LogP contribution in [0.4, 0.5) is 0 Å². The first-order chi connectivity index (χ1) is 23.6. The molecule has 0 unspecified atom stereocenters. The second-order valence-corrected chi connectivity index (χ2v) is 25.6. The Morgan fingerprint density at radius 3 is 0.896 bits per heavy atom. The van der Waals surface area contributed by atoms with Crippen molar-refractivity contribution in [3.8, 4) is 0 Å². The molecule has 48 heavy (non-hydrogen) atoms. The lowest BCUT2D eigenvalue weighted by Gasteiger charge is -2.30. The van der Waals surface area contributed by atoms with E-state index in [0.29, 0.717) is 52.9 Å². The summed E-state index contributed by atoms with van der Waals surface area (Å²) < 4.78 is 45.8. The van der Waals surface area contributed by atoms with Crippen LogP contribution in [0.15, 0.2) is 0 Å². The minimum absolute atomic E-state index is 0.626. The fourth-order valence-corrected chi connectivity index (χ4v) is 17.3. The summed E-state index contributed by atoms with van der Waals surface area (Å²) in [6.07, 6.45) is 18.3. The Morgan fingerprint density at radius 2 is 0.625 bits per heavy atom. The van der Waals surface area contributed by atoms with E-state index in [-0.39, 0.29) is 0 Å². The first kappa shape index (κ1) is 49.5. The SMILES string of the molecule is CC[Si](CCCCCCCCCSSSSCCCCCCCCC[Si](CC)(OCCOC)OCCOC)(OCCOC)OCCOC. The number of hydrogen-bond acceptors (Lipinski definition) is 12. The third-order valence-corrected chi connectivity index (χ3v) is 22.3. The molecule has 0 bridgehead atoms. The van der Waals surface area contributed by atoms with Crippen LogP contribution in [0.1, 0.15) is 104 Å². The Morgan fingerprint density at radius 1 is 0.354 bits per heavy atom. The Balaban J connectivity index is 3.65. The highest BCUT2D eigenvalue weighted by Gasteiger charge is 2.36. The number of rotatable bonds is 41. The van der Waals surface area contributed by atoms with E-state index in [9.17, 15) is 0 Å². The summed E-state index contributed by atoms with van der Waals surface area (Å²) >= 11 is 0. The minimum atomic E-state index is -2.15. The van der Waals surface area contributed by atoms with Crippen molar-refractivity contribution in [3.63, 3.8) is 0 Å². The second-order valence-electron chi connectivity index (χ2n) is 12.1. The smallest absolute Gasteiger partial charge is 0.338 e. The van der Waals surface area contributed by atoms with Crippen molar-refractivity contribution in [2.24, 2.45) is 0 Å². The molecule has 0 aromatic heterocycles. The predicted molar refractivity (Wildman–Crippen MR) is 218 cm³/mol. The van der Waals surface area contributed by atoms with Crippen LogP contribution in [-0.2, 0) is 36.7 Å². The summed E-state index contributed by atoms with van der Waals surface area (Å²) in [5.74, 6) is 2.53. The van der Waals surface area contributed by atoms with E-state index >= 15 is 0 Å². The summed E-state index contributed by atoms with van der Waals surface area (Å²) in [4.78, 5) is 0. The molecule has 0 saturated heterocycles. The number of unbranched alkanes of at least 4 members (excludes halogenated alkanes) is 12. The third kappa shape index (κ3) is 30.0. The van der Waals surface area contributed by atoms with Crippen molar-refractivity contribution in [1.29, 1.82) is 0 Å². The van der Waals surface area contributed by atoms with E-state index in [1.165, 1.54) is 101 Å². The van der Waals surface area contributed by atoms with E-state index < -0.39 is 17.1 Å². The fourth-order valence-electron chi connectivity index (χ4n) is 5.36. The van der Waals surface area contributed by atoms with Gasteiger partial charge in [-0.15, -0.1) is 0 Å². The lowest BCUT2D eigenvalue weighted by Crippen LogP contribution is -2.43. The highest BCUT2D eigenvalue weighted by Crippen LogP contribution is 2.43. The first-order valence-corrected chi connectivity index (χ1v) is 28.3. The number of ether oxygens (including phenoxy) is 4. The largest absolute Gasteiger partial charge is 0.392 e. The van der Waals surface area contributed by atoms with Gasteiger partial charge in [0.05, 0.1) is 52.9 Å². The molecular formula is C34H74O8S4Si2. The molecule has 290 valence electrons. The maximum Gasteiger partial charge on any atom is 0.338 e. The third-order valence-electron chi connectivity index (χ3n) is 8.38. The van der Waals surface area contributed by atoms with Gasteiger partial charge in [0.15, 0.2) is 0 Å². The average Bonchev–Trinajstić information content (AvgIpc) is 3.10. The Hall–Kier alpha value is 1.51. The van der Waals surface area contributed by atoms with E-state index in [4.69, 9.17) is 36.7 Å². The normalized spacial score (nSPS) is 12.4. The van der Waals surface area contributed by atoms with E-state index in [1.807, 2.05) is 41.2 Å². The summed E-state index contributed by atoms with van der Waals surface area (Å²) in [6, 6.07) is 4.11. The van der Waals surface area contributed by atoms with Gasteiger partial charge >= 0.3 is 17.1 Å².